The van der Waals surface area contributed by atoms with Crippen LogP contribution in [0.1, 0.15) is 5.89 Å². The number of aromatic amines is 1. The summed E-state index contributed by atoms with van der Waals surface area (Å²) in [6, 6.07) is 0. The Morgan fingerprint density at radius 2 is 2.15 bits per heavy atom. The molecule has 0 aliphatic heterocycles. The van der Waals surface area contributed by atoms with E-state index in [0.717, 1.165) is 4.57 Å². The lowest BCUT2D eigenvalue weighted by molar-refractivity contribution is 0.553. The van der Waals surface area contributed by atoms with E-state index in [1.807, 2.05) is 0 Å². The van der Waals surface area contributed by atoms with E-state index >= 15 is 0 Å². The highest BCUT2D eigenvalue weighted by molar-refractivity contribution is 5.65. The van der Waals surface area contributed by atoms with Crippen molar-refractivity contribution in [2.75, 3.05) is 0 Å². The highest BCUT2D eigenvalue weighted by Crippen LogP contribution is 2.04. The molecule has 0 radical (unpaired) electrons. The minimum absolute atomic E-state index is 0.0830. The maximum atomic E-state index is 11.4. The molecule has 6 nitrogen and oxygen atoms in total. The second-order valence-electron chi connectivity index (χ2n) is 2.70. The van der Waals surface area contributed by atoms with Crippen molar-refractivity contribution in [1.29, 1.82) is 0 Å². The minimum atomic E-state index is -0.495. The molecule has 0 aliphatic rings. The van der Waals surface area contributed by atoms with Crippen LogP contribution in [0.5, 0.6) is 0 Å². The monoisotopic (exact) mass is 181 g/mol. The lowest BCUT2D eigenvalue weighted by Gasteiger charge is -1.91. The van der Waals surface area contributed by atoms with E-state index in [2.05, 4.69) is 9.97 Å². The summed E-state index contributed by atoms with van der Waals surface area (Å²) in [5.41, 5.74) is -0.685. The first-order valence-corrected chi connectivity index (χ1v) is 3.66. The van der Waals surface area contributed by atoms with Gasteiger partial charge in [0.25, 0.3) is 0 Å². The van der Waals surface area contributed by atoms with Crippen LogP contribution in [0.3, 0.4) is 0 Å². The first-order valence-electron chi connectivity index (χ1n) is 3.66. The first-order chi connectivity index (χ1) is 6.09. The minimum Gasteiger partial charge on any atom is -0.433 e. The van der Waals surface area contributed by atoms with Gasteiger partial charge in [0.2, 0.25) is 5.58 Å². The van der Waals surface area contributed by atoms with Crippen molar-refractivity contribution < 1.29 is 4.42 Å². The molecule has 0 aliphatic carbocycles. The lowest BCUT2D eigenvalue weighted by Crippen LogP contribution is -2.31. The second kappa shape index (κ2) is 2.32. The maximum Gasteiger partial charge on any atom is 0.329 e. The van der Waals surface area contributed by atoms with Gasteiger partial charge in [-0.3, -0.25) is 14.3 Å². The molecule has 1 N–H and O–H groups in total. The number of fused-ring (bicyclic) bond motifs is 1. The molecule has 0 unspecified atom stereocenters. The fraction of sp³-hybridized carbons (Fsp3) is 0.286. The van der Waals surface area contributed by atoms with Crippen LogP contribution in [0.2, 0.25) is 0 Å². The highest BCUT2D eigenvalue weighted by Gasteiger charge is 2.09. The zero-order valence-electron chi connectivity index (χ0n) is 7.12. The highest BCUT2D eigenvalue weighted by atomic mass is 16.4. The van der Waals surface area contributed by atoms with Gasteiger partial charge >= 0.3 is 11.2 Å². The topological polar surface area (TPSA) is 80.9 Å². The molecule has 2 rings (SSSR count). The molecule has 0 amide bonds. The first kappa shape index (κ1) is 7.78. The summed E-state index contributed by atoms with van der Waals surface area (Å²) >= 11 is 0. The standard InChI is InChI=1S/C7H7N3O3/c1-3-8-5-4(13-3)6(11)10(2)7(12)9-5/h1-2H3,(H,9,12). The van der Waals surface area contributed by atoms with E-state index in [1.54, 1.807) is 6.92 Å². The van der Waals surface area contributed by atoms with Gasteiger partial charge < -0.3 is 4.42 Å². The summed E-state index contributed by atoms with van der Waals surface area (Å²) in [5, 5.41) is 0. The number of nitrogens with one attached hydrogen (secondary N) is 1. The van der Waals surface area contributed by atoms with Gasteiger partial charge in [0.05, 0.1) is 0 Å². The van der Waals surface area contributed by atoms with Gasteiger partial charge in [-0.2, -0.15) is 4.98 Å². The summed E-state index contributed by atoms with van der Waals surface area (Å²) < 4.78 is 5.96. The van der Waals surface area contributed by atoms with Gasteiger partial charge in [-0.15, -0.1) is 0 Å². The Labute approximate surface area is 71.8 Å². The van der Waals surface area contributed by atoms with Crippen molar-refractivity contribution in [3.63, 3.8) is 0 Å². The van der Waals surface area contributed by atoms with E-state index in [1.165, 1.54) is 7.05 Å². The maximum absolute atomic E-state index is 11.4. The van der Waals surface area contributed by atoms with Crippen molar-refractivity contribution in [2.24, 2.45) is 7.05 Å². The zero-order valence-corrected chi connectivity index (χ0v) is 7.12. The van der Waals surface area contributed by atoms with E-state index in [9.17, 15) is 9.59 Å². The summed E-state index contributed by atoms with van der Waals surface area (Å²) in [5.74, 6) is 0.356. The number of aryl methyl sites for hydroxylation is 1. The van der Waals surface area contributed by atoms with Gasteiger partial charge in [0.1, 0.15) is 0 Å². The van der Waals surface area contributed by atoms with Crippen LogP contribution in [-0.4, -0.2) is 14.5 Å². The molecule has 0 saturated carbocycles. The number of hydrogen-bond acceptors (Lipinski definition) is 4. The fourth-order valence-electron chi connectivity index (χ4n) is 1.09. The van der Waals surface area contributed by atoms with Crippen LogP contribution in [-0.2, 0) is 7.05 Å². The van der Waals surface area contributed by atoms with Crippen molar-refractivity contribution >= 4 is 11.2 Å². The largest absolute Gasteiger partial charge is 0.433 e. The molecular formula is C7H7N3O3. The Balaban J connectivity index is 3.10. The number of rotatable bonds is 0. The quantitative estimate of drug-likeness (QED) is 0.595. The van der Waals surface area contributed by atoms with Gasteiger partial charge in [-0.25, -0.2) is 4.79 Å². The molecular weight excluding hydrogens is 174 g/mol. The van der Waals surface area contributed by atoms with Gasteiger partial charge in [0, 0.05) is 14.0 Å². The summed E-state index contributed by atoms with van der Waals surface area (Å²) in [4.78, 5) is 28.7. The molecule has 0 atom stereocenters. The van der Waals surface area contributed by atoms with Crippen molar-refractivity contribution in [1.82, 2.24) is 14.5 Å². The number of hydrogen-bond donors (Lipinski definition) is 1. The van der Waals surface area contributed by atoms with Crippen molar-refractivity contribution in [3.05, 3.63) is 26.7 Å². The predicted octanol–water partition coefficient (Wildman–Crippen LogP) is -0.477. The molecule has 0 fully saturated rings. The molecule has 6 heteroatoms. The number of nitrogens with zero attached hydrogens (tertiary/aromatic N) is 2. The normalized spacial score (nSPS) is 10.9. The van der Waals surface area contributed by atoms with Crippen LogP contribution < -0.4 is 11.2 Å². The molecule has 0 saturated heterocycles. The van der Waals surface area contributed by atoms with Crippen LogP contribution in [0, 0.1) is 6.92 Å². The Kier molecular flexibility index (Phi) is 1.39. The average molecular weight is 181 g/mol. The van der Waals surface area contributed by atoms with E-state index in [4.69, 9.17) is 4.42 Å². The fourth-order valence-corrected chi connectivity index (χ4v) is 1.09. The molecule has 2 aromatic rings. The third-order valence-electron chi connectivity index (χ3n) is 1.76. The zero-order chi connectivity index (χ0) is 9.59. The number of aromatic nitrogens is 3. The smallest absolute Gasteiger partial charge is 0.329 e. The van der Waals surface area contributed by atoms with Crippen molar-refractivity contribution in [2.45, 2.75) is 6.92 Å². The van der Waals surface area contributed by atoms with Crippen LogP contribution in [0.4, 0.5) is 0 Å². The van der Waals surface area contributed by atoms with Crippen LogP contribution in [0.15, 0.2) is 14.0 Å². The van der Waals surface area contributed by atoms with Crippen LogP contribution >= 0.6 is 0 Å². The van der Waals surface area contributed by atoms with E-state index in [0.29, 0.717) is 5.89 Å². The van der Waals surface area contributed by atoms with Gasteiger partial charge in [-0.1, -0.05) is 0 Å². The molecule has 13 heavy (non-hydrogen) atoms. The SMILES string of the molecule is Cc1nc2[nH]c(=O)n(C)c(=O)c2o1. The summed E-state index contributed by atoms with van der Waals surface area (Å²) in [6.07, 6.45) is 0. The van der Waals surface area contributed by atoms with Crippen molar-refractivity contribution in [3.8, 4) is 0 Å². The third kappa shape index (κ3) is 0.986. The van der Waals surface area contributed by atoms with E-state index < -0.39 is 11.2 Å². The van der Waals surface area contributed by atoms with Gasteiger partial charge in [0.15, 0.2) is 11.5 Å². The molecule has 0 aromatic carbocycles. The Hall–Kier alpha value is -1.85. The molecule has 0 spiro atoms. The molecule has 2 heterocycles. The molecule has 2 aromatic heterocycles. The number of oxazole rings is 1. The lowest BCUT2D eigenvalue weighted by atomic mass is 10.6. The number of H-pyrrole nitrogens is 1. The molecule has 0 bridgehead atoms. The predicted molar refractivity (Wildman–Crippen MR) is 44.6 cm³/mol. The van der Waals surface area contributed by atoms with E-state index in [-0.39, 0.29) is 11.2 Å². The Morgan fingerprint density at radius 3 is 2.85 bits per heavy atom. The van der Waals surface area contributed by atoms with Gasteiger partial charge in [-0.05, 0) is 0 Å². The summed E-state index contributed by atoms with van der Waals surface area (Å²) in [7, 11) is 1.37. The third-order valence-corrected chi connectivity index (χ3v) is 1.76. The summed E-state index contributed by atoms with van der Waals surface area (Å²) in [6.45, 7) is 1.61. The second-order valence-corrected chi connectivity index (χ2v) is 2.70. The Morgan fingerprint density at radius 1 is 1.46 bits per heavy atom. The van der Waals surface area contributed by atoms with Crippen LogP contribution in [0.25, 0.3) is 11.2 Å². The average Bonchev–Trinajstić information content (AvgIpc) is 2.42. The molecule has 68 valence electrons. The Bertz CT molecular complexity index is 575.